The third-order valence-corrected chi connectivity index (χ3v) is 3.46. The van der Waals surface area contributed by atoms with Gasteiger partial charge in [-0.25, -0.2) is 0 Å². The first-order chi connectivity index (χ1) is 9.01. The number of carbonyl (C=O) groups excluding carboxylic acids is 2. The van der Waals surface area contributed by atoms with E-state index in [1.54, 1.807) is 19.2 Å². The number of rotatable bonds is 4. The van der Waals surface area contributed by atoms with Gasteiger partial charge >= 0.3 is 0 Å². The normalized spacial score (nSPS) is 18.8. The van der Waals surface area contributed by atoms with E-state index in [2.05, 4.69) is 6.92 Å². The van der Waals surface area contributed by atoms with Crippen LogP contribution in [0.5, 0.6) is 5.75 Å². The molecular formula is C15H19NO3. The zero-order chi connectivity index (χ0) is 14.0. The predicted molar refractivity (Wildman–Crippen MR) is 72.2 cm³/mol. The van der Waals surface area contributed by atoms with Crippen molar-refractivity contribution in [2.24, 2.45) is 5.92 Å². The molecule has 0 N–H and O–H groups in total. The molecule has 0 bridgehead atoms. The van der Waals surface area contributed by atoms with E-state index in [0.29, 0.717) is 24.4 Å². The third kappa shape index (κ3) is 2.95. The van der Waals surface area contributed by atoms with Crippen LogP contribution in [0.4, 0.5) is 0 Å². The number of nitrogens with zero attached hydrogens (tertiary/aromatic N) is 1. The quantitative estimate of drug-likeness (QED) is 0.781. The molecule has 0 aromatic heterocycles. The number of Topliss-reactive ketones (excluding diaryl/α,β-unsaturated/α-hetero) is 1. The van der Waals surface area contributed by atoms with Gasteiger partial charge in [-0.1, -0.05) is 6.92 Å². The maximum atomic E-state index is 11.8. The van der Waals surface area contributed by atoms with E-state index >= 15 is 0 Å². The minimum Gasteiger partial charge on any atom is -0.496 e. The summed E-state index contributed by atoms with van der Waals surface area (Å²) in [6.45, 7) is 4.88. The summed E-state index contributed by atoms with van der Waals surface area (Å²) in [5.41, 5.74) is 1.54. The van der Waals surface area contributed by atoms with Gasteiger partial charge in [0.25, 0.3) is 0 Å². The highest BCUT2D eigenvalue weighted by Crippen LogP contribution is 2.25. The molecule has 0 aliphatic carbocycles. The Morgan fingerprint density at radius 2 is 2.21 bits per heavy atom. The van der Waals surface area contributed by atoms with Crippen LogP contribution in [0.3, 0.4) is 0 Å². The zero-order valence-corrected chi connectivity index (χ0v) is 11.6. The molecule has 1 unspecified atom stereocenters. The molecule has 0 spiro atoms. The molecule has 2 rings (SSSR count). The lowest BCUT2D eigenvalue weighted by Crippen LogP contribution is -2.24. The Kier molecular flexibility index (Phi) is 3.88. The SMILES string of the molecule is COc1ccc(C(C)=O)cc1CN1CC(C)CC1=O. The highest BCUT2D eigenvalue weighted by Gasteiger charge is 2.27. The van der Waals surface area contributed by atoms with Crippen molar-refractivity contribution >= 4 is 11.7 Å². The van der Waals surface area contributed by atoms with Crippen LogP contribution in [0, 0.1) is 5.92 Å². The summed E-state index contributed by atoms with van der Waals surface area (Å²) in [5.74, 6) is 1.31. The lowest BCUT2D eigenvalue weighted by molar-refractivity contribution is -0.128. The minimum absolute atomic E-state index is 0.0185. The molecule has 0 radical (unpaired) electrons. The molecular weight excluding hydrogens is 242 g/mol. The molecule has 1 saturated heterocycles. The summed E-state index contributed by atoms with van der Waals surface area (Å²) in [6.07, 6.45) is 0.606. The van der Waals surface area contributed by atoms with E-state index in [9.17, 15) is 9.59 Å². The molecule has 1 atom stereocenters. The lowest BCUT2D eigenvalue weighted by atomic mass is 10.1. The van der Waals surface area contributed by atoms with Crippen molar-refractivity contribution in [1.29, 1.82) is 0 Å². The monoisotopic (exact) mass is 261 g/mol. The number of likely N-dealkylation sites (tertiary alicyclic amines) is 1. The van der Waals surface area contributed by atoms with E-state index in [4.69, 9.17) is 4.74 Å². The van der Waals surface area contributed by atoms with Crippen LogP contribution in [-0.2, 0) is 11.3 Å². The van der Waals surface area contributed by atoms with Crippen molar-refractivity contribution in [3.63, 3.8) is 0 Å². The maximum absolute atomic E-state index is 11.8. The largest absolute Gasteiger partial charge is 0.496 e. The summed E-state index contributed by atoms with van der Waals surface area (Å²) in [5, 5.41) is 0. The molecule has 0 saturated carbocycles. The summed E-state index contributed by atoms with van der Waals surface area (Å²) in [7, 11) is 1.60. The van der Waals surface area contributed by atoms with Crippen LogP contribution < -0.4 is 4.74 Å². The first-order valence-corrected chi connectivity index (χ1v) is 6.47. The Balaban J connectivity index is 2.25. The zero-order valence-electron chi connectivity index (χ0n) is 11.6. The number of ether oxygens (including phenoxy) is 1. The average Bonchev–Trinajstić information content (AvgIpc) is 2.67. The molecule has 19 heavy (non-hydrogen) atoms. The summed E-state index contributed by atoms with van der Waals surface area (Å²) >= 11 is 0. The van der Waals surface area contributed by atoms with Gasteiger partial charge in [-0.3, -0.25) is 9.59 Å². The Bertz CT molecular complexity index is 510. The fraction of sp³-hybridized carbons (Fsp3) is 0.467. The Morgan fingerprint density at radius 3 is 2.74 bits per heavy atom. The van der Waals surface area contributed by atoms with Crippen LogP contribution in [0.2, 0.25) is 0 Å². The number of ketones is 1. The van der Waals surface area contributed by atoms with Gasteiger partial charge in [-0.2, -0.15) is 0 Å². The second kappa shape index (κ2) is 5.43. The number of benzene rings is 1. The van der Waals surface area contributed by atoms with Gasteiger partial charge in [0.2, 0.25) is 5.91 Å². The van der Waals surface area contributed by atoms with E-state index in [-0.39, 0.29) is 11.7 Å². The third-order valence-electron chi connectivity index (χ3n) is 3.46. The van der Waals surface area contributed by atoms with Crippen molar-refractivity contribution < 1.29 is 14.3 Å². The van der Waals surface area contributed by atoms with Crippen LogP contribution in [0.25, 0.3) is 0 Å². The number of hydrogen-bond donors (Lipinski definition) is 0. The Hall–Kier alpha value is -1.84. The van der Waals surface area contributed by atoms with Crippen LogP contribution in [0.15, 0.2) is 18.2 Å². The van der Waals surface area contributed by atoms with Gasteiger partial charge in [-0.15, -0.1) is 0 Å². The highest BCUT2D eigenvalue weighted by molar-refractivity contribution is 5.94. The van der Waals surface area contributed by atoms with Crippen molar-refractivity contribution in [3.05, 3.63) is 29.3 Å². The van der Waals surface area contributed by atoms with Crippen molar-refractivity contribution in [3.8, 4) is 5.75 Å². The molecule has 4 nitrogen and oxygen atoms in total. The molecule has 1 aliphatic rings. The standard InChI is InChI=1S/C15H19NO3/c1-10-6-15(18)16(8-10)9-13-7-12(11(2)17)4-5-14(13)19-3/h4-5,7,10H,6,8-9H2,1-3H3. The number of carbonyl (C=O) groups is 2. The van der Waals surface area contributed by atoms with Gasteiger partial charge in [-0.05, 0) is 31.0 Å². The second-order valence-corrected chi connectivity index (χ2v) is 5.17. The average molecular weight is 261 g/mol. The van der Waals surface area contributed by atoms with Gasteiger partial charge in [0.1, 0.15) is 5.75 Å². The molecule has 1 fully saturated rings. The van der Waals surface area contributed by atoms with Crippen LogP contribution >= 0.6 is 0 Å². The fourth-order valence-corrected chi connectivity index (χ4v) is 2.45. The fourth-order valence-electron chi connectivity index (χ4n) is 2.45. The van der Waals surface area contributed by atoms with Crippen molar-refractivity contribution in [1.82, 2.24) is 4.90 Å². The van der Waals surface area contributed by atoms with Crippen LogP contribution in [0.1, 0.15) is 36.2 Å². The van der Waals surface area contributed by atoms with E-state index < -0.39 is 0 Å². The Labute approximate surface area is 113 Å². The predicted octanol–water partition coefficient (Wildman–Crippen LogP) is 2.27. The van der Waals surface area contributed by atoms with Crippen LogP contribution in [-0.4, -0.2) is 30.2 Å². The molecule has 1 aromatic carbocycles. The lowest BCUT2D eigenvalue weighted by Gasteiger charge is -2.18. The topological polar surface area (TPSA) is 46.6 Å². The maximum Gasteiger partial charge on any atom is 0.223 e. The molecule has 1 aromatic rings. The van der Waals surface area contributed by atoms with E-state index in [0.717, 1.165) is 17.9 Å². The molecule has 1 heterocycles. The number of hydrogen-bond acceptors (Lipinski definition) is 3. The number of amides is 1. The number of methoxy groups -OCH3 is 1. The van der Waals surface area contributed by atoms with Gasteiger partial charge in [0, 0.05) is 30.6 Å². The molecule has 102 valence electrons. The van der Waals surface area contributed by atoms with Gasteiger partial charge < -0.3 is 9.64 Å². The van der Waals surface area contributed by atoms with Crippen molar-refractivity contribution in [2.75, 3.05) is 13.7 Å². The summed E-state index contributed by atoms with van der Waals surface area (Å²) < 4.78 is 5.30. The summed E-state index contributed by atoms with van der Waals surface area (Å²) in [4.78, 5) is 25.1. The molecule has 1 aliphatic heterocycles. The van der Waals surface area contributed by atoms with E-state index in [1.165, 1.54) is 6.92 Å². The minimum atomic E-state index is 0.0185. The van der Waals surface area contributed by atoms with E-state index in [1.807, 2.05) is 11.0 Å². The Morgan fingerprint density at radius 1 is 1.47 bits per heavy atom. The second-order valence-electron chi connectivity index (χ2n) is 5.17. The van der Waals surface area contributed by atoms with Gasteiger partial charge in [0.15, 0.2) is 5.78 Å². The highest BCUT2D eigenvalue weighted by atomic mass is 16.5. The van der Waals surface area contributed by atoms with Gasteiger partial charge in [0.05, 0.1) is 7.11 Å². The molecule has 1 amide bonds. The first kappa shape index (κ1) is 13.6. The molecule has 4 heteroatoms. The first-order valence-electron chi connectivity index (χ1n) is 6.47. The smallest absolute Gasteiger partial charge is 0.223 e. The van der Waals surface area contributed by atoms with Crippen molar-refractivity contribution in [2.45, 2.75) is 26.8 Å². The summed E-state index contributed by atoms with van der Waals surface area (Å²) in [6, 6.07) is 5.35.